The number of aromatic nitrogens is 2. The minimum atomic E-state index is -0.0948. The fraction of sp³-hybridized carbons (Fsp3) is 0.714. The number of ether oxygens (including phenoxy) is 1. The predicted octanol–water partition coefficient (Wildman–Crippen LogP) is 2.50. The Labute approximate surface area is 127 Å². The van der Waals surface area contributed by atoms with E-state index < -0.39 is 0 Å². The first-order valence-electron chi connectivity index (χ1n) is 7.15. The lowest BCUT2D eigenvalue weighted by Gasteiger charge is -2.11. The van der Waals surface area contributed by atoms with Crippen molar-refractivity contribution in [3.05, 3.63) is 21.0 Å². The molecule has 0 spiro atoms. The molecule has 0 saturated heterocycles. The van der Waals surface area contributed by atoms with Gasteiger partial charge in [-0.05, 0) is 40.6 Å². The summed E-state index contributed by atoms with van der Waals surface area (Å²) in [6.45, 7) is 6.94. The highest BCUT2D eigenvalue weighted by Gasteiger charge is 2.20. The molecule has 0 aliphatic heterocycles. The van der Waals surface area contributed by atoms with Crippen molar-refractivity contribution < 1.29 is 4.74 Å². The van der Waals surface area contributed by atoms with Gasteiger partial charge < -0.3 is 10.1 Å². The highest BCUT2D eigenvalue weighted by molar-refractivity contribution is 9.10. The summed E-state index contributed by atoms with van der Waals surface area (Å²) >= 11 is 3.35. The molecule has 5 nitrogen and oxygen atoms in total. The lowest BCUT2D eigenvalue weighted by atomic mass is 10.2. The van der Waals surface area contributed by atoms with Crippen LogP contribution in [0.15, 0.2) is 15.5 Å². The van der Waals surface area contributed by atoms with E-state index in [1.165, 1.54) is 17.5 Å². The van der Waals surface area contributed by atoms with E-state index in [-0.39, 0.29) is 5.56 Å². The predicted molar refractivity (Wildman–Crippen MR) is 83.1 cm³/mol. The van der Waals surface area contributed by atoms with Crippen LogP contribution < -0.4 is 10.9 Å². The third kappa shape index (κ3) is 4.59. The van der Waals surface area contributed by atoms with Crippen molar-refractivity contribution in [1.82, 2.24) is 9.78 Å². The smallest absolute Gasteiger partial charge is 0.283 e. The zero-order valence-electron chi connectivity index (χ0n) is 12.1. The number of hydrogen-bond donors (Lipinski definition) is 1. The van der Waals surface area contributed by atoms with E-state index in [9.17, 15) is 4.79 Å². The lowest BCUT2D eigenvalue weighted by Crippen LogP contribution is -2.26. The second kappa shape index (κ2) is 7.22. The van der Waals surface area contributed by atoms with Gasteiger partial charge in [-0.25, -0.2) is 4.68 Å². The third-order valence-electron chi connectivity index (χ3n) is 3.14. The second-order valence-electron chi connectivity index (χ2n) is 5.70. The summed E-state index contributed by atoms with van der Waals surface area (Å²) in [6, 6.07) is 0. The zero-order chi connectivity index (χ0) is 14.5. The summed E-state index contributed by atoms with van der Waals surface area (Å²) in [5, 5.41) is 7.37. The van der Waals surface area contributed by atoms with E-state index in [4.69, 9.17) is 4.74 Å². The van der Waals surface area contributed by atoms with Gasteiger partial charge >= 0.3 is 0 Å². The van der Waals surface area contributed by atoms with Crippen molar-refractivity contribution >= 4 is 21.6 Å². The van der Waals surface area contributed by atoms with Crippen LogP contribution in [0.25, 0.3) is 0 Å². The molecule has 2 rings (SSSR count). The molecule has 1 fully saturated rings. The fourth-order valence-corrected chi connectivity index (χ4v) is 2.30. The molecule has 20 heavy (non-hydrogen) atoms. The van der Waals surface area contributed by atoms with Crippen LogP contribution in [0.5, 0.6) is 0 Å². The Balaban J connectivity index is 1.84. The zero-order valence-corrected chi connectivity index (χ0v) is 13.6. The Morgan fingerprint density at radius 1 is 1.55 bits per heavy atom. The quantitative estimate of drug-likeness (QED) is 0.737. The van der Waals surface area contributed by atoms with Gasteiger partial charge in [0, 0.05) is 19.7 Å². The number of rotatable bonds is 8. The van der Waals surface area contributed by atoms with E-state index in [1.807, 2.05) is 0 Å². The number of nitrogens with one attached hydrogen (secondary N) is 1. The summed E-state index contributed by atoms with van der Waals surface area (Å²) in [5.74, 6) is 1.17. The summed E-state index contributed by atoms with van der Waals surface area (Å²) in [5.41, 5.74) is 0.632. The maximum atomic E-state index is 12.1. The van der Waals surface area contributed by atoms with Gasteiger partial charge in [0.2, 0.25) is 0 Å². The normalized spacial score (nSPS) is 14.8. The van der Waals surface area contributed by atoms with Crippen LogP contribution in [0.3, 0.4) is 0 Å². The Hall–Kier alpha value is -0.880. The minimum absolute atomic E-state index is 0.0948. The van der Waals surface area contributed by atoms with Gasteiger partial charge in [-0.1, -0.05) is 13.8 Å². The van der Waals surface area contributed by atoms with Gasteiger partial charge in [-0.3, -0.25) is 4.79 Å². The van der Waals surface area contributed by atoms with E-state index in [0.29, 0.717) is 30.1 Å². The first kappa shape index (κ1) is 15.5. The largest absolute Gasteiger partial charge is 0.380 e. The Kier molecular flexibility index (Phi) is 5.60. The average Bonchev–Trinajstić information content (AvgIpc) is 3.21. The Bertz CT molecular complexity index is 498. The van der Waals surface area contributed by atoms with Crippen molar-refractivity contribution in [3.63, 3.8) is 0 Å². The van der Waals surface area contributed by atoms with Crippen LogP contribution in [0, 0.1) is 11.8 Å². The Morgan fingerprint density at radius 3 is 2.95 bits per heavy atom. The van der Waals surface area contributed by atoms with Crippen LogP contribution in [0.2, 0.25) is 0 Å². The van der Waals surface area contributed by atoms with E-state index >= 15 is 0 Å². The van der Waals surface area contributed by atoms with Crippen LogP contribution in [-0.2, 0) is 11.3 Å². The average molecular weight is 344 g/mol. The Morgan fingerprint density at radius 2 is 2.30 bits per heavy atom. The van der Waals surface area contributed by atoms with Crippen LogP contribution in [0.4, 0.5) is 5.69 Å². The molecule has 0 amide bonds. The van der Waals surface area contributed by atoms with E-state index in [1.54, 1.807) is 6.20 Å². The number of anilines is 1. The number of halogens is 1. The van der Waals surface area contributed by atoms with Crippen molar-refractivity contribution in [3.8, 4) is 0 Å². The molecule has 0 atom stereocenters. The first-order chi connectivity index (χ1) is 9.58. The highest BCUT2D eigenvalue weighted by Crippen LogP contribution is 2.28. The molecule has 0 bridgehead atoms. The second-order valence-corrected chi connectivity index (χ2v) is 6.49. The molecular weight excluding hydrogens is 322 g/mol. The number of hydrogen-bond acceptors (Lipinski definition) is 4. The molecule has 1 aromatic rings. The van der Waals surface area contributed by atoms with Crippen molar-refractivity contribution in [2.75, 3.05) is 25.1 Å². The molecule has 1 N–H and O–H groups in total. The maximum Gasteiger partial charge on any atom is 0.283 e. The summed E-state index contributed by atoms with van der Waals surface area (Å²) in [6.07, 6.45) is 4.29. The van der Waals surface area contributed by atoms with Gasteiger partial charge in [0.25, 0.3) is 5.56 Å². The molecule has 1 heterocycles. The molecule has 0 unspecified atom stereocenters. The molecule has 0 radical (unpaired) electrons. The third-order valence-corrected chi connectivity index (χ3v) is 3.90. The SMILES string of the molecule is CC(C)Cn1ncc(NCCOCC2CC2)c(Br)c1=O. The van der Waals surface area contributed by atoms with Crippen molar-refractivity contribution in [2.45, 2.75) is 33.2 Å². The van der Waals surface area contributed by atoms with Crippen molar-refractivity contribution in [2.24, 2.45) is 11.8 Å². The van der Waals surface area contributed by atoms with E-state index in [0.717, 1.165) is 18.2 Å². The van der Waals surface area contributed by atoms with Crippen molar-refractivity contribution in [1.29, 1.82) is 0 Å². The standard InChI is InChI=1S/C14H22BrN3O2/c1-10(2)8-18-14(19)13(15)12(7-17-18)16-5-6-20-9-11-3-4-11/h7,10-11,16H,3-6,8-9H2,1-2H3. The molecule has 1 saturated carbocycles. The monoisotopic (exact) mass is 343 g/mol. The molecule has 1 aliphatic carbocycles. The van der Waals surface area contributed by atoms with E-state index in [2.05, 4.69) is 40.2 Å². The fourth-order valence-electron chi connectivity index (χ4n) is 1.86. The highest BCUT2D eigenvalue weighted by atomic mass is 79.9. The minimum Gasteiger partial charge on any atom is -0.380 e. The van der Waals surface area contributed by atoms with Crippen LogP contribution >= 0.6 is 15.9 Å². The lowest BCUT2D eigenvalue weighted by molar-refractivity contribution is 0.134. The number of nitrogens with zero attached hydrogens (tertiary/aromatic N) is 2. The summed E-state index contributed by atoms with van der Waals surface area (Å²) < 4.78 is 7.57. The topological polar surface area (TPSA) is 56.1 Å². The molecular formula is C14H22BrN3O2. The van der Waals surface area contributed by atoms with Gasteiger partial charge in [0.05, 0.1) is 18.5 Å². The molecule has 0 aromatic carbocycles. The van der Waals surface area contributed by atoms with Gasteiger partial charge in [0.1, 0.15) is 4.47 Å². The van der Waals surface area contributed by atoms with Crippen LogP contribution in [0.1, 0.15) is 26.7 Å². The van der Waals surface area contributed by atoms with Gasteiger partial charge in [0.15, 0.2) is 0 Å². The van der Waals surface area contributed by atoms with Gasteiger partial charge in [-0.15, -0.1) is 0 Å². The molecule has 112 valence electrons. The first-order valence-corrected chi connectivity index (χ1v) is 7.94. The van der Waals surface area contributed by atoms with Gasteiger partial charge in [-0.2, -0.15) is 5.10 Å². The molecule has 1 aliphatic rings. The molecule has 6 heteroatoms. The summed E-state index contributed by atoms with van der Waals surface area (Å²) in [4.78, 5) is 12.1. The maximum absolute atomic E-state index is 12.1. The van der Waals surface area contributed by atoms with Crippen LogP contribution in [-0.4, -0.2) is 29.5 Å². The summed E-state index contributed by atoms with van der Waals surface area (Å²) in [7, 11) is 0. The molecule has 1 aromatic heterocycles.